The van der Waals surface area contributed by atoms with E-state index in [2.05, 4.69) is 23.1 Å². The summed E-state index contributed by atoms with van der Waals surface area (Å²) in [4.78, 5) is 2.33. The van der Waals surface area contributed by atoms with E-state index < -0.39 is 0 Å². The van der Waals surface area contributed by atoms with Gasteiger partial charge in [-0.25, -0.2) is 4.31 Å². The third-order valence-corrected chi connectivity index (χ3v) is 6.78. The molecule has 0 aromatic rings. The third-order valence-electron chi connectivity index (χ3n) is 5.07. The first kappa shape index (κ1) is 17.6. The number of hydrogen-bond donors (Lipinski definition) is 0. The van der Waals surface area contributed by atoms with E-state index in [1.165, 1.54) is 64.2 Å². The van der Waals surface area contributed by atoms with Gasteiger partial charge in [-0.05, 0) is 51.5 Å². The topological polar surface area (TPSA) is 6.48 Å². The molecule has 0 bridgehead atoms. The second kappa shape index (κ2) is 9.36. The molecule has 122 valence electrons. The van der Waals surface area contributed by atoms with Crippen molar-refractivity contribution in [3.8, 4) is 0 Å². The Balaban J connectivity index is 2.01. The Hall–Kier alpha value is 0.200. The van der Waals surface area contributed by atoms with Crippen molar-refractivity contribution in [2.24, 2.45) is 0 Å². The highest BCUT2D eigenvalue weighted by molar-refractivity contribution is 8.21. The Bertz CT molecular complexity index is 288. The molecule has 2 fully saturated rings. The molecule has 0 aliphatic heterocycles. The van der Waals surface area contributed by atoms with Crippen LogP contribution in [0.2, 0.25) is 0 Å². The number of hydrogen-bond acceptors (Lipinski definition) is 3. The van der Waals surface area contributed by atoms with Crippen molar-refractivity contribution >= 4 is 28.5 Å². The first-order valence-electron chi connectivity index (χ1n) is 9.01. The van der Waals surface area contributed by atoms with Crippen LogP contribution in [0.1, 0.15) is 78.1 Å². The predicted octanol–water partition coefficient (Wildman–Crippen LogP) is 5.23. The minimum Gasteiger partial charge on any atom is -0.357 e. The van der Waals surface area contributed by atoms with Crippen LogP contribution in [0.15, 0.2) is 0 Å². The van der Waals surface area contributed by atoms with E-state index in [4.69, 9.17) is 12.2 Å². The minimum atomic E-state index is 0.764. The monoisotopic (exact) mass is 328 g/mol. The van der Waals surface area contributed by atoms with Crippen molar-refractivity contribution < 1.29 is 0 Å². The van der Waals surface area contributed by atoms with E-state index in [1.54, 1.807) is 0 Å². The summed E-state index contributed by atoms with van der Waals surface area (Å²) in [6.07, 6.45) is 14.0. The van der Waals surface area contributed by atoms with Crippen molar-refractivity contribution in [3.05, 3.63) is 0 Å². The molecule has 0 heterocycles. The first-order chi connectivity index (χ1) is 10.3. The maximum Gasteiger partial charge on any atom is 0.151 e. The highest BCUT2D eigenvalue weighted by atomic mass is 32.2. The normalized spacial score (nSPS) is 21.7. The van der Waals surface area contributed by atoms with Crippen molar-refractivity contribution in [2.45, 2.75) is 90.1 Å². The molecule has 0 saturated heterocycles. The second-order valence-corrected chi connectivity index (χ2v) is 8.11. The van der Waals surface area contributed by atoms with Gasteiger partial charge in [0.15, 0.2) is 4.32 Å². The lowest BCUT2D eigenvalue weighted by Crippen LogP contribution is -2.43. The van der Waals surface area contributed by atoms with Crippen LogP contribution in [-0.2, 0) is 0 Å². The summed E-state index contributed by atoms with van der Waals surface area (Å²) < 4.78 is 3.83. The fourth-order valence-corrected chi connectivity index (χ4v) is 5.54. The number of rotatable bonds is 5. The highest BCUT2D eigenvalue weighted by Crippen LogP contribution is 2.35. The Morgan fingerprint density at radius 2 is 1.29 bits per heavy atom. The van der Waals surface area contributed by atoms with Gasteiger partial charge in [0.25, 0.3) is 0 Å². The van der Waals surface area contributed by atoms with Gasteiger partial charge in [0.2, 0.25) is 0 Å². The van der Waals surface area contributed by atoms with Crippen LogP contribution in [0.5, 0.6) is 0 Å². The summed E-state index contributed by atoms with van der Waals surface area (Å²) in [5.41, 5.74) is 0. The van der Waals surface area contributed by atoms with E-state index in [1.807, 2.05) is 11.9 Å². The van der Waals surface area contributed by atoms with Crippen LogP contribution in [-0.4, -0.2) is 38.7 Å². The largest absolute Gasteiger partial charge is 0.357 e. The van der Waals surface area contributed by atoms with Gasteiger partial charge in [-0.3, -0.25) is 0 Å². The Morgan fingerprint density at radius 3 is 1.67 bits per heavy atom. The van der Waals surface area contributed by atoms with Crippen LogP contribution >= 0.6 is 24.2 Å². The standard InChI is InChI=1S/C17H32N2S2/c1-3-18(4-2)17(20)21-19(15-11-7-5-8-12-15)16-13-9-6-10-14-16/h15-16H,3-14H2,1-2H3. The third kappa shape index (κ3) is 5.11. The van der Waals surface area contributed by atoms with E-state index >= 15 is 0 Å². The fraction of sp³-hybridized carbons (Fsp3) is 0.941. The van der Waals surface area contributed by atoms with E-state index in [-0.39, 0.29) is 0 Å². The van der Waals surface area contributed by atoms with Crippen LogP contribution in [0.3, 0.4) is 0 Å². The molecule has 2 aliphatic carbocycles. The number of nitrogens with zero attached hydrogens (tertiary/aromatic N) is 2. The summed E-state index contributed by atoms with van der Waals surface area (Å²) in [6.45, 7) is 6.49. The molecule has 2 rings (SSSR count). The lowest BCUT2D eigenvalue weighted by Gasteiger charge is -2.41. The smallest absolute Gasteiger partial charge is 0.151 e. The molecule has 0 spiro atoms. The summed E-state index contributed by atoms with van der Waals surface area (Å²) in [5, 5.41) is 0. The van der Waals surface area contributed by atoms with Gasteiger partial charge < -0.3 is 4.90 Å². The van der Waals surface area contributed by atoms with Gasteiger partial charge in [-0.15, -0.1) is 0 Å². The molecule has 2 saturated carbocycles. The fourth-order valence-electron chi connectivity index (χ4n) is 3.75. The summed E-state index contributed by atoms with van der Waals surface area (Å²) in [7, 11) is 0. The lowest BCUT2D eigenvalue weighted by atomic mass is 9.91. The van der Waals surface area contributed by atoms with Gasteiger partial charge >= 0.3 is 0 Å². The second-order valence-electron chi connectivity index (χ2n) is 6.47. The molecule has 0 unspecified atom stereocenters. The zero-order valence-electron chi connectivity index (χ0n) is 13.9. The Kier molecular flexibility index (Phi) is 7.83. The van der Waals surface area contributed by atoms with Gasteiger partial charge in [0.1, 0.15) is 0 Å². The minimum absolute atomic E-state index is 0.764. The molecule has 0 amide bonds. The Labute approximate surface area is 141 Å². The molecule has 0 aromatic heterocycles. The van der Waals surface area contributed by atoms with E-state index in [9.17, 15) is 0 Å². The van der Waals surface area contributed by atoms with E-state index in [0.717, 1.165) is 29.5 Å². The van der Waals surface area contributed by atoms with Crippen molar-refractivity contribution in [3.63, 3.8) is 0 Å². The van der Waals surface area contributed by atoms with Crippen LogP contribution in [0.4, 0.5) is 0 Å². The van der Waals surface area contributed by atoms with Crippen molar-refractivity contribution in [1.29, 1.82) is 0 Å². The average molecular weight is 329 g/mol. The van der Waals surface area contributed by atoms with Gasteiger partial charge in [0, 0.05) is 25.2 Å². The molecule has 0 N–H and O–H groups in total. The van der Waals surface area contributed by atoms with Crippen LogP contribution in [0.25, 0.3) is 0 Å². The maximum atomic E-state index is 5.74. The molecule has 2 nitrogen and oxygen atoms in total. The van der Waals surface area contributed by atoms with E-state index in [0.29, 0.717) is 0 Å². The molecule has 0 atom stereocenters. The molecule has 4 heteroatoms. The van der Waals surface area contributed by atoms with Crippen molar-refractivity contribution in [1.82, 2.24) is 9.21 Å². The highest BCUT2D eigenvalue weighted by Gasteiger charge is 2.30. The van der Waals surface area contributed by atoms with Crippen LogP contribution < -0.4 is 0 Å². The zero-order valence-corrected chi connectivity index (χ0v) is 15.5. The summed E-state index contributed by atoms with van der Waals surface area (Å²) in [6, 6.07) is 1.53. The number of thiocarbonyl (C=S) groups is 1. The Morgan fingerprint density at radius 1 is 0.857 bits per heavy atom. The SMILES string of the molecule is CCN(CC)C(=S)SN(C1CCCCC1)C1CCCCC1. The van der Waals surface area contributed by atoms with Gasteiger partial charge in [-0.2, -0.15) is 0 Å². The average Bonchev–Trinajstić information content (AvgIpc) is 2.55. The lowest BCUT2D eigenvalue weighted by molar-refractivity contribution is 0.186. The quantitative estimate of drug-likeness (QED) is 0.503. The van der Waals surface area contributed by atoms with Gasteiger partial charge in [0.05, 0.1) is 0 Å². The molecule has 2 aliphatic rings. The predicted molar refractivity (Wildman–Crippen MR) is 98.7 cm³/mol. The summed E-state index contributed by atoms with van der Waals surface area (Å²) in [5.74, 6) is 0. The molecular weight excluding hydrogens is 296 g/mol. The van der Waals surface area contributed by atoms with Crippen molar-refractivity contribution in [2.75, 3.05) is 13.1 Å². The van der Waals surface area contributed by atoms with Gasteiger partial charge in [-0.1, -0.05) is 50.7 Å². The van der Waals surface area contributed by atoms with Crippen LogP contribution in [0, 0.1) is 0 Å². The first-order valence-corrected chi connectivity index (χ1v) is 10.2. The maximum absolute atomic E-state index is 5.74. The summed E-state index contributed by atoms with van der Waals surface area (Å²) >= 11 is 7.64. The zero-order chi connectivity index (χ0) is 15.1. The molecule has 0 aromatic carbocycles. The molecular formula is C17H32N2S2. The molecule has 0 radical (unpaired) electrons. The molecule has 21 heavy (non-hydrogen) atoms.